The van der Waals surface area contributed by atoms with Gasteiger partial charge in [0.05, 0.1) is 16.8 Å². The fourth-order valence-corrected chi connectivity index (χ4v) is 4.17. The fraction of sp³-hybridized carbons (Fsp3) is 0.500. The number of aryl methyl sites for hydroxylation is 1. The van der Waals surface area contributed by atoms with Crippen LogP contribution < -0.4 is 10.1 Å². The molecule has 2 heterocycles. The summed E-state index contributed by atoms with van der Waals surface area (Å²) >= 11 is 0. The number of ether oxygens (including phenoxy) is 2. The molecular formula is C26H33F3N4O3. The van der Waals surface area contributed by atoms with E-state index in [4.69, 9.17) is 9.47 Å². The van der Waals surface area contributed by atoms with Crippen molar-refractivity contribution in [3.63, 3.8) is 0 Å². The zero-order chi connectivity index (χ0) is 26.9. The van der Waals surface area contributed by atoms with Crippen LogP contribution in [-0.2, 0) is 18.0 Å². The Labute approximate surface area is 209 Å². The number of fused-ring (bicyclic) bond motifs is 1. The van der Waals surface area contributed by atoms with Crippen molar-refractivity contribution < 1.29 is 27.4 Å². The Morgan fingerprint density at radius 3 is 2.42 bits per heavy atom. The molecule has 3 rings (SSSR count). The van der Waals surface area contributed by atoms with Crippen molar-refractivity contribution >= 4 is 17.1 Å². The number of aromatic nitrogens is 3. The number of halogens is 3. The molecule has 0 saturated heterocycles. The number of nitrogens with one attached hydrogen (secondary N) is 1. The standard InChI is InChI=1S/C26H33F3N4O3/c1-16(2)13-25(6,32-23(34)36-24(3,4)5)14-35-20-9-8-17(12-19(20)26(27,28)29)21-18-10-11-33(7)22(18)31-15-30-21/h8-12,15-16H,13-14H2,1-7H3,(H,32,34). The molecule has 196 valence electrons. The average Bonchev–Trinajstić information content (AvgIpc) is 3.10. The van der Waals surface area contributed by atoms with Crippen molar-refractivity contribution in [2.24, 2.45) is 13.0 Å². The Hall–Kier alpha value is -3.30. The molecule has 1 aromatic carbocycles. The quantitative estimate of drug-likeness (QED) is 0.403. The number of alkyl halides is 3. The summed E-state index contributed by atoms with van der Waals surface area (Å²) in [5.41, 5.74) is -1.29. The first-order valence-corrected chi connectivity index (χ1v) is 11.7. The number of carbonyl (C=O) groups excluding carboxylic acids is 1. The van der Waals surface area contributed by atoms with Crippen LogP contribution in [0.3, 0.4) is 0 Å². The Morgan fingerprint density at radius 2 is 1.81 bits per heavy atom. The van der Waals surface area contributed by atoms with E-state index >= 15 is 0 Å². The van der Waals surface area contributed by atoms with Crippen molar-refractivity contribution in [2.75, 3.05) is 6.61 Å². The van der Waals surface area contributed by atoms with E-state index in [9.17, 15) is 18.0 Å². The van der Waals surface area contributed by atoms with E-state index in [0.29, 0.717) is 28.7 Å². The van der Waals surface area contributed by atoms with Gasteiger partial charge in [-0.15, -0.1) is 0 Å². The van der Waals surface area contributed by atoms with Gasteiger partial charge >= 0.3 is 12.3 Å². The summed E-state index contributed by atoms with van der Waals surface area (Å²) in [6, 6.07) is 5.63. The molecule has 3 aromatic rings. The summed E-state index contributed by atoms with van der Waals surface area (Å²) in [6.45, 7) is 10.7. The third-order valence-corrected chi connectivity index (χ3v) is 5.43. The van der Waals surface area contributed by atoms with E-state index < -0.39 is 29.0 Å². The molecule has 0 aliphatic heterocycles. The van der Waals surface area contributed by atoms with Gasteiger partial charge in [0.15, 0.2) is 0 Å². The molecule has 2 aromatic heterocycles. The summed E-state index contributed by atoms with van der Waals surface area (Å²) in [4.78, 5) is 20.9. The third-order valence-electron chi connectivity index (χ3n) is 5.43. The van der Waals surface area contributed by atoms with Crippen LogP contribution in [0.25, 0.3) is 22.3 Å². The number of hydrogen-bond donors (Lipinski definition) is 1. The van der Waals surface area contributed by atoms with Gasteiger partial charge in [-0.1, -0.05) is 13.8 Å². The van der Waals surface area contributed by atoms with Crippen molar-refractivity contribution in [1.29, 1.82) is 0 Å². The maximum atomic E-state index is 14.1. The van der Waals surface area contributed by atoms with Gasteiger partial charge in [-0.3, -0.25) is 0 Å². The molecule has 0 radical (unpaired) electrons. The molecule has 1 amide bonds. The number of hydrogen-bond acceptors (Lipinski definition) is 5. The molecule has 0 saturated carbocycles. The lowest BCUT2D eigenvalue weighted by atomic mass is 9.91. The van der Waals surface area contributed by atoms with Gasteiger partial charge in [0, 0.05) is 24.2 Å². The lowest BCUT2D eigenvalue weighted by Gasteiger charge is -2.33. The van der Waals surface area contributed by atoms with E-state index in [2.05, 4.69) is 15.3 Å². The Balaban J connectivity index is 1.92. The van der Waals surface area contributed by atoms with Crippen LogP contribution in [0.4, 0.5) is 18.0 Å². The highest BCUT2D eigenvalue weighted by molar-refractivity contribution is 5.91. The van der Waals surface area contributed by atoms with Gasteiger partial charge in [-0.25, -0.2) is 14.8 Å². The molecule has 36 heavy (non-hydrogen) atoms. The van der Waals surface area contributed by atoms with Crippen LogP contribution >= 0.6 is 0 Å². The fourth-order valence-electron chi connectivity index (χ4n) is 4.17. The van der Waals surface area contributed by atoms with Crippen molar-refractivity contribution in [3.8, 4) is 17.0 Å². The maximum absolute atomic E-state index is 14.1. The minimum absolute atomic E-state index is 0.143. The Bertz CT molecular complexity index is 1230. The Kier molecular flexibility index (Phi) is 7.57. The molecular weight excluding hydrogens is 473 g/mol. The summed E-state index contributed by atoms with van der Waals surface area (Å²) in [5.74, 6) is -0.186. The van der Waals surface area contributed by atoms with E-state index in [1.54, 1.807) is 57.6 Å². The predicted octanol–water partition coefficient (Wildman–Crippen LogP) is 6.36. The number of amides is 1. The van der Waals surface area contributed by atoms with Gasteiger partial charge in [0.2, 0.25) is 0 Å². The van der Waals surface area contributed by atoms with Crippen molar-refractivity contribution in [3.05, 3.63) is 42.4 Å². The van der Waals surface area contributed by atoms with Gasteiger partial charge in [-0.2, -0.15) is 13.2 Å². The minimum atomic E-state index is -4.67. The average molecular weight is 507 g/mol. The third kappa shape index (κ3) is 6.67. The summed E-state index contributed by atoms with van der Waals surface area (Å²) in [5, 5.41) is 3.43. The highest BCUT2D eigenvalue weighted by Gasteiger charge is 2.37. The molecule has 0 aliphatic carbocycles. The van der Waals surface area contributed by atoms with Crippen molar-refractivity contribution in [1.82, 2.24) is 19.9 Å². The van der Waals surface area contributed by atoms with Gasteiger partial charge in [0.1, 0.15) is 29.9 Å². The molecule has 0 fully saturated rings. The normalized spacial score (nSPS) is 14.1. The van der Waals surface area contributed by atoms with Crippen LogP contribution in [0.2, 0.25) is 0 Å². The highest BCUT2D eigenvalue weighted by Crippen LogP contribution is 2.40. The van der Waals surface area contributed by atoms with Crippen molar-refractivity contribution in [2.45, 2.75) is 65.3 Å². The summed E-state index contributed by atoms with van der Waals surface area (Å²) in [7, 11) is 1.80. The molecule has 7 nitrogen and oxygen atoms in total. The van der Waals surface area contributed by atoms with Gasteiger partial charge < -0.3 is 19.4 Å². The number of carbonyl (C=O) groups is 1. The van der Waals surface area contributed by atoms with E-state index in [1.165, 1.54) is 12.4 Å². The number of nitrogens with zero attached hydrogens (tertiary/aromatic N) is 3. The zero-order valence-electron chi connectivity index (χ0n) is 21.7. The molecule has 0 aliphatic rings. The van der Waals surface area contributed by atoms with Crippen LogP contribution in [0, 0.1) is 5.92 Å². The summed E-state index contributed by atoms with van der Waals surface area (Å²) in [6.07, 6.45) is -1.75. The van der Waals surface area contributed by atoms with E-state index in [0.717, 1.165) is 6.07 Å². The number of rotatable bonds is 7. The van der Waals surface area contributed by atoms with Gasteiger partial charge in [0.25, 0.3) is 0 Å². The van der Waals surface area contributed by atoms with Crippen LogP contribution in [-0.4, -0.2) is 38.4 Å². The topological polar surface area (TPSA) is 78.3 Å². The first kappa shape index (κ1) is 27.3. The van der Waals surface area contributed by atoms with Crippen LogP contribution in [0.15, 0.2) is 36.8 Å². The molecule has 10 heteroatoms. The maximum Gasteiger partial charge on any atom is 0.419 e. The lowest BCUT2D eigenvalue weighted by molar-refractivity contribution is -0.139. The smallest absolute Gasteiger partial charge is 0.419 e. The molecule has 1 atom stereocenters. The zero-order valence-corrected chi connectivity index (χ0v) is 21.7. The van der Waals surface area contributed by atoms with Crippen LogP contribution in [0.5, 0.6) is 5.75 Å². The minimum Gasteiger partial charge on any atom is -0.491 e. The second kappa shape index (κ2) is 9.99. The van der Waals surface area contributed by atoms with Gasteiger partial charge in [-0.05, 0) is 64.3 Å². The monoisotopic (exact) mass is 506 g/mol. The number of benzene rings is 1. The molecule has 1 N–H and O–H groups in total. The largest absolute Gasteiger partial charge is 0.491 e. The first-order chi connectivity index (χ1) is 16.6. The SMILES string of the molecule is CC(C)CC(C)(COc1ccc(-c2ncnc3c2ccn3C)cc1C(F)(F)F)NC(=O)OC(C)(C)C. The van der Waals surface area contributed by atoms with E-state index in [-0.39, 0.29) is 18.3 Å². The lowest BCUT2D eigenvalue weighted by Crippen LogP contribution is -2.52. The highest BCUT2D eigenvalue weighted by atomic mass is 19.4. The predicted molar refractivity (Wildman–Crippen MR) is 132 cm³/mol. The Morgan fingerprint density at radius 1 is 1.11 bits per heavy atom. The van der Waals surface area contributed by atoms with E-state index in [1.807, 2.05) is 13.8 Å². The summed E-state index contributed by atoms with van der Waals surface area (Å²) < 4.78 is 55.1. The molecule has 0 spiro atoms. The van der Waals surface area contributed by atoms with Crippen LogP contribution in [0.1, 0.15) is 53.5 Å². The molecule has 1 unspecified atom stereocenters. The second-order valence-corrected chi connectivity index (χ2v) is 10.7. The first-order valence-electron chi connectivity index (χ1n) is 11.7. The molecule has 0 bridgehead atoms. The second-order valence-electron chi connectivity index (χ2n) is 10.7. The number of alkyl carbamates (subject to hydrolysis) is 1.